The maximum atomic E-state index is 12.3. The highest BCUT2D eigenvalue weighted by Gasteiger charge is 2.42. The van der Waals surface area contributed by atoms with E-state index in [1.54, 1.807) is 0 Å². The van der Waals surface area contributed by atoms with E-state index in [1.165, 1.54) is 5.32 Å². The molecule has 0 aliphatic carbocycles. The normalized spacial score (nSPS) is 19.2. The van der Waals surface area contributed by atoms with E-state index in [2.05, 4.69) is 0 Å². The van der Waals surface area contributed by atoms with E-state index in [0.29, 0.717) is 6.42 Å². The van der Waals surface area contributed by atoms with E-state index in [-0.39, 0.29) is 19.4 Å². The highest BCUT2D eigenvalue weighted by atomic mass is 19.4. The number of carbonyl (C=O) groups excluding carboxylic acids is 4. The number of hydrogen-bond acceptors (Lipinski definition) is 6. The van der Waals surface area contributed by atoms with Gasteiger partial charge in [0.15, 0.2) is 6.10 Å². The minimum absolute atomic E-state index is 0.139. The van der Waals surface area contributed by atoms with Gasteiger partial charge in [-0.15, -0.1) is 0 Å². The van der Waals surface area contributed by atoms with Crippen LogP contribution in [0.15, 0.2) is 0 Å². The van der Waals surface area contributed by atoms with E-state index in [9.17, 15) is 32.3 Å². The van der Waals surface area contributed by atoms with E-state index in [0.717, 1.165) is 0 Å². The number of nitrogens with two attached hydrogens (primary N) is 1. The molecule has 3 amide bonds. The number of hydrogen-bond donors (Lipinski definition) is 3. The third-order valence-corrected chi connectivity index (χ3v) is 2.98. The Morgan fingerprint density at radius 3 is 2.48 bits per heavy atom. The van der Waals surface area contributed by atoms with Gasteiger partial charge in [-0.2, -0.15) is 13.2 Å². The monoisotopic (exact) mass is 339 g/mol. The van der Waals surface area contributed by atoms with Gasteiger partial charge >= 0.3 is 18.1 Å². The quantitative estimate of drug-likeness (QED) is 0.314. The zero-order valence-electron chi connectivity index (χ0n) is 11.9. The number of esters is 1. The van der Waals surface area contributed by atoms with Gasteiger partial charge in [-0.25, -0.2) is 4.79 Å². The second kappa shape index (κ2) is 7.90. The number of amides is 3. The molecule has 0 aromatic rings. The summed E-state index contributed by atoms with van der Waals surface area (Å²) in [5.74, 6) is -5.02. The van der Waals surface area contributed by atoms with Crippen molar-refractivity contribution in [2.24, 2.45) is 5.73 Å². The van der Waals surface area contributed by atoms with Crippen molar-refractivity contribution in [1.29, 1.82) is 0 Å². The molecule has 1 heterocycles. The van der Waals surface area contributed by atoms with E-state index < -0.39 is 48.4 Å². The first kappa shape index (κ1) is 18.9. The highest BCUT2D eigenvalue weighted by Crippen LogP contribution is 2.16. The molecule has 0 radical (unpaired) electrons. The second-order valence-corrected chi connectivity index (χ2v) is 4.85. The Labute approximate surface area is 128 Å². The topological polar surface area (TPSA) is 128 Å². The number of ether oxygens (including phenoxy) is 1. The molecule has 23 heavy (non-hydrogen) atoms. The average molecular weight is 339 g/mol. The predicted octanol–water partition coefficient (Wildman–Crippen LogP) is -0.879. The van der Waals surface area contributed by atoms with Crippen LogP contribution in [0.5, 0.6) is 0 Å². The maximum Gasteiger partial charge on any atom is 0.471 e. The number of rotatable bonds is 7. The minimum atomic E-state index is -5.16. The summed E-state index contributed by atoms with van der Waals surface area (Å²) < 4.78 is 41.6. The van der Waals surface area contributed by atoms with Crippen LogP contribution in [-0.2, 0) is 23.9 Å². The Morgan fingerprint density at radius 2 is 2.00 bits per heavy atom. The summed E-state index contributed by atoms with van der Waals surface area (Å²) >= 11 is 0. The van der Waals surface area contributed by atoms with Crippen molar-refractivity contribution in [2.45, 2.75) is 44.0 Å². The Bertz CT molecular complexity index is 495. The Balaban J connectivity index is 2.69. The molecule has 130 valence electrons. The zero-order valence-corrected chi connectivity index (χ0v) is 11.9. The lowest BCUT2D eigenvalue weighted by Crippen LogP contribution is -2.48. The largest absolute Gasteiger partial charge is 0.471 e. The number of nitrogens with one attached hydrogen (secondary N) is 2. The van der Waals surface area contributed by atoms with Gasteiger partial charge in [-0.05, 0) is 25.8 Å². The first-order valence-electron chi connectivity index (χ1n) is 6.77. The molecule has 4 N–H and O–H groups in total. The molecule has 0 saturated carbocycles. The molecule has 0 aromatic carbocycles. The lowest BCUT2D eigenvalue weighted by molar-refractivity contribution is -0.176. The maximum absolute atomic E-state index is 12.3. The van der Waals surface area contributed by atoms with Crippen LogP contribution >= 0.6 is 0 Å². The standard InChI is InChI=1S/C12H16F3N3O5/c13-12(14,15)11(22)17-6(3-1-2-4-16)10(21)23-7-5-8(19)18-9(7)20/h6-7H,1-5,16H2,(H,17,22)(H,18,19,20)/t6-,7?/m0/s1. The van der Waals surface area contributed by atoms with Gasteiger partial charge in [0, 0.05) is 0 Å². The lowest BCUT2D eigenvalue weighted by atomic mass is 10.1. The number of unbranched alkanes of at least 4 members (excludes halogenated alkanes) is 1. The number of halogens is 3. The third kappa shape index (κ3) is 5.85. The molecule has 1 aliphatic heterocycles. The summed E-state index contributed by atoms with van der Waals surface area (Å²) in [5, 5.41) is 3.41. The van der Waals surface area contributed by atoms with Gasteiger partial charge in [-0.3, -0.25) is 19.7 Å². The van der Waals surface area contributed by atoms with Crippen molar-refractivity contribution in [3.8, 4) is 0 Å². The summed E-state index contributed by atoms with van der Waals surface area (Å²) in [7, 11) is 0. The molecule has 8 nitrogen and oxygen atoms in total. The van der Waals surface area contributed by atoms with Crippen LogP contribution in [0.3, 0.4) is 0 Å². The number of alkyl halides is 3. The third-order valence-electron chi connectivity index (χ3n) is 2.98. The first-order chi connectivity index (χ1) is 10.6. The Hall–Kier alpha value is -2.17. The molecular formula is C12H16F3N3O5. The molecule has 1 saturated heterocycles. The molecule has 1 aliphatic rings. The van der Waals surface area contributed by atoms with Gasteiger partial charge in [0.25, 0.3) is 5.91 Å². The zero-order chi connectivity index (χ0) is 17.6. The fourth-order valence-electron chi connectivity index (χ4n) is 1.83. The molecule has 11 heteroatoms. The SMILES string of the molecule is NCCCC[C@H](NC(=O)C(F)(F)F)C(=O)OC1CC(=O)NC1=O. The van der Waals surface area contributed by atoms with E-state index in [4.69, 9.17) is 10.5 Å². The molecule has 1 rings (SSSR count). The van der Waals surface area contributed by atoms with Crippen LogP contribution in [0, 0.1) is 0 Å². The fraction of sp³-hybridized carbons (Fsp3) is 0.667. The van der Waals surface area contributed by atoms with Crippen LogP contribution in [-0.4, -0.2) is 48.6 Å². The summed E-state index contributed by atoms with van der Waals surface area (Å²) in [6.45, 7) is 0.258. The van der Waals surface area contributed by atoms with Gasteiger partial charge in [0.2, 0.25) is 5.91 Å². The molecule has 2 atom stereocenters. The fourth-order valence-corrected chi connectivity index (χ4v) is 1.83. The van der Waals surface area contributed by atoms with Crippen molar-refractivity contribution in [3.63, 3.8) is 0 Å². The van der Waals surface area contributed by atoms with Crippen molar-refractivity contribution in [3.05, 3.63) is 0 Å². The predicted molar refractivity (Wildman–Crippen MR) is 68.5 cm³/mol. The van der Waals surface area contributed by atoms with Crippen molar-refractivity contribution in [2.75, 3.05) is 6.54 Å². The summed E-state index contributed by atoms with van der Waals surface area (Å²) in [5.41, 5.74) is 5.25. The van der Waals surface area contributed by atoms with Gasteiger partial charge < -0.3 is 15.8 Å². The van der Waals surface area contributed by atoms with E-state index in [1.807, 2.05) is 5.32 Å². The smallest absolute Gasteiger partial charge is 0.450 e. The highest BCUT2D eigenvalue weighted by molar-refractivity contribution is 6.05. The van der Waals surface area contributed by atoms with Crippen LogP contribution in [0.25, 0.3) is 0 Å². The van der Waals surface area contributed by atoms with Gasteiger partial charge in [0.05, 0.1) is 6.42 Å². The van der Waals surface area contributed by atoms with Gasteiger partial charge in [0.1, 0.15) is 6.04 Å². The second-order valence-electron chi connectivity index (χ2n) is 4.85. The molecule has 0 spiro atoms. The summed E-state index contributed by atoms with van der Waals surface area (Å²) in [6.07, 6.45) is -6.42. The minimum Gasteiger partial charge on any atom is -0.450 e. The molecule has 0 bridgehead atoms. The van der Waals surface area contributed by atoms with E-state index >= 15 is 0 Å². The summed E-state index contributed by atoms with van der Waals surface area (Å²) in [4.78, 5) is 45.1. The van der Waals surface area contributed by atoms with Crippen molar-refractivity contribution in [1.82, 2.24) is 10.6 Å². The van der Waals surface area contributed by atoms with Crippen LogP contribution < -0.4 is 16.4 Å². The van der Waals surface area contributed by atoms with Crippen LogP contribution in [0.4, 0.5) is 13.2 Å². The van der Waals surface area contributed by atoms with Crippen molar-refractivity contribution < 1.29 is 37.1 Å². The Kier molecular flexibility index (Phi) is 6.49. The molecular weight excluding hydrogens is 323 g/mol. The number of imide groups is 1. The van der Waals surface area contributed by atoms with Crippen molar-refractivity contribution >= 4 is 23.7 Å². The average Bonchev–Trinajstić information content (AvgIpc) is 2.74. The lowest BCUT2D eigenvalue weighted by Gasteiger charge is -2.19. The molecule has 1 unspecified atom stereocenters. The van der Waals surface area contributed by atoms with Gasteiger partial charge in [-0.1, -0.05) is 0 Å². The first-order valence-corrected chi connectivity index (χ1v) is 6.77. The Morgan fingerprint density at radius 1 is 1.35 bits per heavy atom. The van der Waals surface area contributed by atoms with Crippen LogP contribution in [0.2, 0.25) is 0 Å². The summed E-state index contributed by atoms with van der Waals surface area (Å²) in [6, 6.07) is -1.58. The number of carbonyl (C=O) groups is 4. The van der Waals surface area contributed by atoms with Crippen LogP contribution in [0.1, 0.15) is 25.7 Å². The molecule has 0 aromatic heterocycles. The molecule has 1 fully saturated rings.